The number of rotatable bonds is 6. The fourth-order valence-electron chi connectivity index (χ4n) is 2.84. The molecule has 0 saturated carbocycles. The van der Waals surface area contributed by atoms with Crippen LogP contribution in [0.4, 0.5) is 0 Å². The molecular weight excluding hydrogens is 320 g/mol. The first-order chi connectivity index (χ1) is 11.8. The molecule has 1 aromatic carbocycles. The van der Waals surface area contributed by atoms with Gasteiger partial charge in [-0.25, -0.2) is 0 Å². The van der Waals surface area contributed by atoms with Crippen LogP contribution in [0.25, 0.3) is 0 Å². The van der Waals surface area contributed by atoms with Crippen molar-refractivity contribution >= 4 is 17.7 Å². The Labute approximate surface area is 147 Å². The van der Waals surface area contributed by atoms with Crippen molar-refractivity contribution in [3.8, 4) is 0 Å². The number of hydrogen-bond acceptors (Lipinski definition) is 4. The summed E-state index contributed by atoms with van der Waals surface area (Å²) in [5.41, 5.74) is 3.00. The predicted octanol–water partition coefficient (Wildman–Crippen LogP) is 3.59. The Morgan fingerprint density at radius 3 is 2.71 bits per heavy atom. The SMILES string of the molecule is CCSCc1ccc(C(=O)N[C@@H]2CCO[C@H]2c2ccncc2)cc1. The number of thioether (sulfide) groups is 1. The molecule has 0 radical (unpaired) electrons. The Balaban J connectivity index is 1.63. The molecule has 1 aromatic heterocycles. The van der Waals surface area contributed by atoms with E-state index in [0.29, 0.717) is 12.2 Å². The monoisotopic (exact) mass is 342 g/mol. The van der Waals surface area contributed by atoms with E-state index >= 15 is 0 Å². The Kier molecular flexibility index (Phi) is 5.88. The summed E-state index contributed by atoms with van der Waals surface area (Å²) in [6, 6.07) is 11.7. The summed E-state index contributed by atoms with van der Waals surface area (Å²) in [5.74, 6) is 2.04. The van der Waals surface area contributed by atoms with E-state index in [1.165, 1.54) is 5.56 Å². The third-order valence-electron chi connectivity index (χ3n) is 4.13. The molecule has 0 aliphatic carbocycles. The fraction of sp³-hybridized carbons (Fsp3) is 0.368. The summed E-state index contributed by atoms with van der Waals surface area (Å²) < 4.78 is 5.81. The first-order valence-electron chi connectivity index (χ1n) is 8.27. The van der Waals surface area contributed by atoms with Gasteiger partial charge in [0.15, 0.2) is 0 Å². The molecule has 0 bridgehead atoms. The molecule has 2 aromatic rings. The number of amides is 1. The van der Waals surface area contributed by atoms with E-state index in [1.54, 1.807) is 12.4 Å². The van der Waals surface area contributed by atoms with Gasteiger partial charge in [-0.15, -0.1) is 0 Å². The van der Waals surface area contributed by atoms with Gasteiger partial charge < -0.3 is 10.1 Å². The zero-order valence-electron chi connectivity index (χ0n) is 13.8. The minimum atomic E-state index is -0.0998. The van der Waals surface area contributed by atoms with Gasteiger partial charge in [0, 0.05) is 30.3 Å². The number of nitrogens with zero attached hydrogens (tertiary/aromatic N) is 1. The summed E-state index contributed by atoms with van der Waals surface area (Å²) in [4.78, 5) is 16.6. The van der Waals surface area contributed by atoms with Crippen LogP contribution < -0.4 is 5.32 Å². The highest BCUT2D eigenvalue weighted by atomic mass is 32.2. The van der Waals surface area contributed by atoms with Crippen LogP contribution in [-0.2, 0) is 10.5 Å². The number of nitrogens with one attached hydrogen (secondary N) is 1. The summed E-state index contributed by atoms with van der Waals surface area (Å²) in [6.45, 7) is 2.81. The third-order valence-corrected chi connectivity index (χ3v) is 5.08. The van der Waals surface area contributed by atoms with E-state index < -0.39 is 0 Å². The van der Waals surface area contributed by atoms with Crippen LogP contribution in [0.2, 0.25) is 0 Å². The van der Waals surface area contributed by atoms with Gasteiger partial charge >= 0.3 is 0 Å². The van der Waals surface area contributed by atoms with E-state index in [2.05, 4.69) is 17.2 Å². The Morgan fingerprint density at radius 1 is 1.25 bits per heavy atom. The first-order valence-corrected chi connectivity index (χ1v) is 9.42. The summed E-state index contributed by atoms with van der Waals surface area (Å²) in [7, 11) is 0. The van der Waals surface area contributed by atoms with Crippen LogP contribution in [0.15, 0.2) is 48.8 Å². The maximum Gasteiger partial charge on any atom is 0.251 e. The van der Waals surface area contributed by atoms with E-state index in [4.69, 9.17) is 4.74 Å². The van der Waals surface area contributed by atoms with Gasteiger partial charge in [-0.05, 0) is 47.6 Å². The molecule has 1 aliphatic rings. The van der Waals surface area contributed by atoms with Gasteiger partial charge in [0.05, 0.1) is 6.04 Å². The number of hydrogen-bond donors (Lipinski definition) is 1. The minimum absolute atomic E-state index is 0.00442. The molecule has 2 heterocycles. The van der Waals surface area contributed by atoms with E-state index in [-0.39, 0.29) is 18.1 Å². The third kappa shape index (κ3) is 4.16. The molecule has 24 heavy (non-hydrogen) atoms. The topological polar surface area (TPSA) is 51.2 Å². The van der Waals surface area contributed by atoms with E-state index in [0.717, 1.165) is 23.5 Å². The van der Waals surface area contributed by atoms with Crippen molar-refractivity contribution in [3.05, 3.63) is 65.5 Å². The van der Waals surface area contributed by atoms with Crippen molar-refractivity contribution in [1.82, 2.24) is 10.3 Å². The van der Waals surface area contributed by atoms with Crippen LogP contribution in [0.3, 0.4) is 0 Å². The second-order valence-electron chi connectivity index (χ2n) is 5.77. The average Bonchev–Trinajstić information content (AvgIpc) is 3.09. The zero-order valence-corrected chi connectivity index (χ0v) is 14.6. The van der Waals surface area contributed by atoms with Crippen LogP contribution in [0, 0.1) is 0 Å². The molecule has 1 fully saturated rings. The number of benzene rings is 1. The first kappa shape index (κ1) is 17.0. The molecule has 3 rings (SSSR count). The van der Waals surface area contributed by atoms with Gasteiger partial charge in [-0.1, -0.05) is 19.1 Å². The molecule has 126 valence electrons. The van der Waals surface area contributed by atoms with Crippen LogP contribution in [0.5, 0.6) is 0 Å². The number of carbonyl (C=O) groups excluding carboxylic acids is 1. The molecule has 5 heteroatoms. The van der Waals surface area contributed by atoms with Crippen molar-refractivity contribution < 1.29 is 9.53 Å². The van der Waals surface area contributed by atoms with Crippen LogP contribution in [0.1, 0.15) is 40.9 Å². The second-order valence-corrected chi connectivity index (χ2v) is 7.05. The molecule has 4 nitrogen and oxygen atoms in total. The number of carbonyl (C=O) groups is 1. The average molecular weight is 342 g/mol. The molecule has 0 spiro atoms. The quantitative estimate of drug-likeness (QED) is 0.871. The fourth-order valence-corrected chi connectivity index (χ4v) is 3.48. The number of aromatic nitrogens is 1. The number of ether oxygens (including phenoxy) is 1. The van der Waals surface area contributed by atoms with E-state index in [9.17, 15) is 4.79 Å². The summed E-state index contributed by atoms with van der Waals surface area (Å²) >= 11 is 1.88. The molecule has 2 atom stereocenters. The standard InChI is InChI=1S/C19H22N2O2S/c1-2-24-13-14-3-5-16(6-4-14)19(22)21-17-9-12-23-18(17)15-7-10-20-11-8-15/h3-8,10-11,17-18H,2,9,12-13H2,1H3,(H,21,22)/t17-,18+/m1/s1. The van der Waals surface area contributed by atoms with Gasteiger partial charge in [-0.2, -0.15) is 11.8 Å². The molecule has 1 N–H and O–H groups in total. The summed E-state index contributed by atoms with van der Waals surface area (Å²) in [5, 5.41) is 3.12. The van der Waals surface area contributed by atoms with Crippen molar-refractivity contribution in [3.63, 3.8) is 0 Å². The maximum absolute atomic E-state index is 12.5. The summed E-state index contributed by atoms with van der Waals surface area (Å²) in [6.07, 6.45) is 4.23. The number of pyridine rings is 1. The molecular formula is C19H22N2O2S. The van der Waals surface area contributed by atoms with Crippen molar-refractivity contribution in [2.45, 2.75) is 31.2 Å². The Hall–Kier alpha value is -1.85. The normalized spacial score (nSPS) is 20.0. The molecule has 0 unspecified atom stereocenters. The lowest BCUT2D eigenvalue weighted by Gasteiger charge is -2.20. The van der Waals surface area contributed by atoms with Crippen molar-refractivity contribution in [2.75, 3.05) is 12.4 Å². The van der Waals surface area contributed by atoms with Gasteiger partial charge in [0.25, 0.3) is 5.91 Å². The van der Waals surface area contributed by atoms with Crippen LogP contribution >= 0.6 is 11.8 Å². The van der Waals surface area contributed by atoms with Gasteiger partial charge in [0.1, 0.15) is 6.10 Å². The highest BCUT2D eigenvalue weighted by Gasteiger charge is 2.31. The lowest BCUT2D eigenvalue weighted by Crippen LogP contribution is -2.36. The Bertz CT molecular complexity index is 661. The highest BCUT2D eigenvalue weighted by molar-refractivity contribution is 7.98. The Morgan fingerprint density at radius 2 is 2.00 bits per heavy atom. The van der Waals surface area contributed by atoms with Crippen molar-refractivity contribution in [2.24, 2.45) is 0 Å². The van der Waals surface area contributed by atoms with Gasteiger partial charge in [0.2, 0.25) is 0 Å². The molecule has 1 amide bonds. The predicted molar refractivity (Wildman–Crippen MR) is 97.1 cm³/mol. The smallest absolute Gasteiger partial charge is 0.251 e. The van der Waals surface area contributed by atoms with Crippen LogP contribution in [-0.4, -0.2) is 29.3 Å². The minimum Gasteiger partial charge on any atom is -0.371 e. The van der Waals surface area contributed by atoms with Crippen molar-refractivity contribution in [1.29, 1.82) is 0 Å². The molecule has 1 aliphatic heterocycles. The molecule has 1 saturated heterocycles. The zero-order chi connectivity index (χ0) is 16.8. The largest absolute Gasteiger partial charge is 0.371 e. The lowest BCUT2D eigenvalue weighted by molar-refractivity contribution is 0.0821. The van der Waals surface area contributed by atoms with E-state index in [1.807, 2.05) is 48.2 Å². The van der Waals surface area contributed by atoms with Gasteiger partial charge in [-0.3, -0.25) is 9.78 Å². The second kappa shape index (κ2) is 8.31. The highest BCUT2D eigenvalue weighted by Crippen LogP contribution is 2.29. The maximum atomic E-state index is 12.5. The lowest BCUT2D eigenvalue weighted by atomic mass is 10.0.